The van der Waals surface area contributed by atoms with Crippen LogP contribution in [0.5, 0.6) is 11.5 Å². The second-order valence-corrected chi connectivity index (χ2v) is 7.08. The molecule has 2 aromatic rings. The van der Waals surface area contributed by atoms with E-state index in [2.05, 4.69) is 5.32 Å². The molecule has 0 spiro atoms. The highest BCUT2D eigenvalue weighted by Crippen LogP contribution is 2.27. The molecule has 0 aliphatic rings. The molecule has 34 heavy (non-hydrogen) atoms. The number of aliphatic hydroxyl groups is 1. The van der Waals surface area contributed by atoms with Gasteiger partial charge in [0.25, 0.3) is 5.91 Å². The van der Waals surface area contributed by atoms with Crippen molar-refractivity contribution >= 4 is 17.7 Å². The van der Waals surface area contributed by atoms with Crippen molar-refractivity contribution in [1.82, 2.24) is 5.48 Å². The van der Waals surface area contributed by atoms with Crippen molar-refractivity contribution in [3.05, 3.63) is 78.4 Å². The van der Waals surface area contributed by atoms with Crippen LogP contribution in [-0.4, -0.2) is 42.6 Å². The van der Waals surface area contributed by atoms with Gasteiger partial charge in [0, 0.05) is 11.8 Å². The predicted octanol–water partition coefficient (Wildman–Crippen LogP) is 4.14. The molecule has 0 aromatic heterocycles. The van der Waals surface area contributed by atoms with Crippen LogP contribution in [0.15, 0.2) is 72.8 Å². The quantitative estimate of drug-likeness (QED) is 0.114. The largest absolute Gasteiger partial charge is 0.497 e. The Morgan fingerprint density at radius 1 is 1.03 bits per heavy atom. The van der Waals surface area contributed by atoms with Crippen molar-refractivity contribution in [3.8, 4) is 11.5 Å². The number of hydrogen-bond donors (Lipinski definition) is 4. The molecule has 1 atom stereocenters. The van der Waals surface area contributed by atoms with E-state index >= 15 is 0 Å². The second-order valence-electron chi connectivity index (χ2n) is 7.08. The van der Waals surface area contributed by atoms with Gasteiger partial charge in [-0.3, -0.25) is 15.3 Å². The number of unbranched alkanes of at least 4 members (excludes halogenated alkanes) is 1. The highest BCUT2D eigenvalue weighted by atomic mass is 16.6. The van der Waals surface area contributed by atoms with Crippen LogP contribution in [0.25, 0.3) is 0 Å². The smallest absolute Gasteiger partial charge is 0.412 e. The van der Waals surface area contributed by atoms with E-state index in [-0.39, 0.29) is 13.2 Å². The van der Waals surface area contributed by atoms with Gasteiger partial charge >= 0.3 is 6.09 Å². The van der Waals surface area contributed by atoms with Crippen LogP contribution < -0.4 is 20.3 Å². The number of hydrogen-bond acceptors (Lipinski definition) is 7. The Morgan fingerprint density at radius 2 is 1.74 bits per heavy atom. The summed E-state index contributed by atoms with van der Waals surface area (Å²) in [5.41, 5.74) is 2.91. The fraction of sp³-hybridized carbons (Fsp3) is 0.280. The van der Waals surface area contributed by atoms with Crippen LogP contribution in [0, 0.1) is 0 Å². The molecule has 2 rings (SSSR count). The summed E-state index contributed by atoms with van der Waals surface area (Å²) in [6.45, 7) is 0.122. The summed E-state index contributed by atoms with van der Waals surface area (Å²) in [5.74, 6) is 0.688. The zero-order chi connectivity index (χ0) is 24.6. The standard InChI is InChI=1S/C25H30N2O7/c1-32-21-15-11-20(12-16-21)26-25(30)34-23(7-5-3-2-4-6-8-24(29)27-31)19-9-13-22(14-10-19)33-18-17-28/h2,4,6,8-16,23,28,31H,3,5,7,17-18H2,1H3,(H,26,30)(H,27,29)/b4-2+,8-6+/t23-/m1/s1. The fourth-order valence-corrected chi connectivity index (χ4v) is 2.96. The molecule has 0 saturated heterocycles. The molecule has 0 fully saturated rings. The number of carbonyl (C=O) groups excluding carboxylic acids is 2. The minimum atomic E-state index is -0.604. The van der Waals surface area contributed by atoms with Gasteiger partial charge in [0.2, 0.25) is 0 Å². The summed E-state index contributed by atoms with van der Waals surface area (Å²) in [7, 11) is 1.57. The van der Waals surface area contributed by atoms with Gasteiger partial charge < -0.3 is 19.3 Å². The maximum absolute atomic E-state index is 12.5. The SMILES string of the molecule is COc1ccc(NC(=O)O[C@H](CCC/C=C/C=C/C(=O)NO)c2ccc(OCCO)cc2)cc1. The van der Waals surface area contributed by atoms with E-state index in [1.807, 2.05) is 18.2 Å². The lowest BCUT2D eigenvalue weighted by Gasteiger charge is -2.19. The lowest BCUT2D eigenvalue weighted by molar-refractivity contribution is -0.124. The minimum absolute atomic E-state index is 0.0770. The van der Waals surface area contributed by atoms with E-state index in [0.717, 1.165) is 12.0 Å². The molecule has 2 amide bonds. The Kier molecular flexibility index (Phi) is 11.7. The van der Waals surface area contributed by atoms with Gasteiger partial charge in [0.1, 0.15) is 24.2 Å². The summed E-state index contributed by atoms with van der Waals surface area (Å²) in [4.78, 5) is 23.5. The van der Waals surface area contributed by atoms with Gasteiger partial charge in [0.15, 0.2) is 0 Å². The molecule has 9 heteroatoms. The zero-order valence-electron chi connectivity index (χ0n) is 19.0. The molecule has 4 N–H and O–H groups in total. The Bertz CT molecular complexity index is 941. The first kappa shape index (κ1) is 26.4. The summed E-state index contributed by atoms with van der Waals surface area (Å²) < 4.78 is 16.2. The molecule has 0 aliphatic carbocycles. The average Bonchev–Trinajstić information content (AvgIpc) is 2.86. The van der Waals surface area contributed by atoms with Gasteiger partial charge in [0.05, 0.1) is 13.7 Å². The first-order valence-electron chi connectivity index (χ1n) is 10.8. The van der Waals surface area contributed by atoms with E-state index in [4.69, 9.17) is 24.5 Å². The third-order valence-corrected chi connectivity index (χ3v) is 4.64. The van der Waals surface area contributed by atoms with Gasteiger partial charge in [-0.05, 0) is 61.2 Å². The van der Waals surface area contributed by atoms with Gasteiger partial charge in [-0.1, -0.05) is 30.4 Å². The fourth-order valence-electron chi connectivity index (χ4n) is 2.96. The molecular weight excluding hydrogens is 440 g/mol. The molecule has 182 valence electrons. The zero-order valence-corrected chi connectivity index (χ0v) is 19.0. The van der Waals surface area contributed by atoms with Crippen molar-refractivity contribution < 1.29 is 34.1 Å². The van der Waals surface area contributed by atoms with E-state index in [1.165, 1.54) is 17.6 Å². The Hall–Kier alpha value is -3.82. The minimum Gasteiger partial charge on any atom is -0.497 e. The first-order valence-corrected chi connectivity index (χ1v) is 10.8. The third kappa shape index (κ3) is 9.76. The maximum atomic E-state index is 12.5. The van der Waals surface area contributed by atoms with E-state index < -0.39 is 18.1 Å². The molecule has 0 saturated carbocycles. The van der Waals surface area contributed by atoms with E-state index in [1.54, 1.807) is 49.6 Å². The molecule has 9 nitrogen and oxygen atoms in total. The monoisotopic (exact) mass is 470 g/mol. The average molecular weight is 471 g/mol. The Morgan fingerprint density at radius 3 is 2.38 bits per heavy atom. The summed E-state index contributed by atoms with van der Waals surface area (Å²) in [6.07, 6.45) is 7.22. The number of aliphatic hydroxyl groups excluding tert-OH is 1. The molecule has 0 aliphatic heterocycles. The number of anilines is 1. The van der Waals surface area contributed by atoms with Crippen LogP contribution >= 0.6 is 0 Å². The molecule has 0 heterocycles. The summed E-state index contributed by atoms with van der Waals surface area (Å²) in [6, 6.07) is 14.1. The number of ether oxygens (including phenoxy) is 3. The Balaban J connectivity index is 1.99. The number of benzene rings is 2. The number of rotatable bonds is 13. The number of carbonyl (C=O) groups is 2. The van der Waals surface area contributed by atoms with Crippen molar-refractivity contribution in [3.63, 3.8) is 0 Å². The molecule has 0 unspecified atom stereocenters. The van der Waals surface area contributed by atoms with Crippen molar-refractivity contribution in [2.75, 3.05) is 25.6 Å². The van der Waals surface area contributed by atoms with Crippen LogP contribution in [0.3, 0.4) is 0 Å². The molecule has 0 bridgehead atoms. The molecule has 2 aromatic carbocycles. The van der Waals surface area contributed by atoms with Gasteiger partial charge in [-0.25, -0.2) is 10.3 Å². The van der Waals surface area contributed by atoms with Crippen molar-refractivity contribution in [2.24, 2.45) is 0 Å². The van der Waals surface area contributed by atoms with Crippen LogP contribution in [0.4, 0.5) is 10.5 Å². The van der Waals surface area contributed by atoms with E-state index in [0.29, 0.717) is 30.0 Å². The molecule has 0 radical (unpaired) electrons. The first-order chi connectivity index (χ1) is 16.5. The lowest BCUT2D eigenvalue weighted by Crippen LogP contribution is -2.17. The Labute approximate surface area is 198 Å². The maximum Gasteiger partial charge on any atom is 0.412 e. The van der Waals surface area contributed by atoms with Gasteiger partial charge in [-0.2, -0.15) is 0 Å². The topological polar surface area (TPSA) is 126 Å². The normalized spacial score (nSPS) is 11.9. The van der Waals surface area contributed by atoms with Crippen LogP contribution in [0.2, 0.25) is 0 Å². The predicted molar refractivity (Wildman–Crippen MR) is 127 cm³/mol. The second kappa shape index (κ2) is 15.1. The van der Waals surface area contributed by atoms with E-state index in [9.17, 15) is 9.59 Å². The number of allylic oxidation sites excluding steroid dienone is 3. The highest BCUT2D eigenvalue weighted by molar-refractivity contribution is 5.86. The number of nitrogens with one attached hydrogen (secondary N) is 2. The van der Waals surface area contributed by atoms with Crippen molar-refractivity contribution in [2.45, 2.75) is 25.4 Å². The molecular formula is C25H30N2O7. The number of amides is 2. The van der Waals surface area contributed by atoms with Gasteiger partial charge in [-0.15, -0.1) is 0 Å². The van der Waals surface area contributed by atoms with Crippen LogP contribution in [-0.2, 0) is 9.53 Å². The summed E-state index contributed by atoms with van der Waals surface area (Å²) >= 11 is 0. The summed E-state index contributed by atoms with van der Waals surface area (Å²) in [5, 5.41) is 20.1. The number of methoxy groups -OCH3 is 1. The third-order valence-electron chi connectivity index (χ3n) is 4.64. The lowest BCUT2D eigenvalue weighted by atomic mass is 10.0. The highest BCUT2D eigenvalue weighted by Gasteiger charge is 2.17. The van der Waals surface area contributed by atoms with Crippen LogP contribution in [0.1, 0.15) is 30.9 Å². The van der Waals surface area contributed by atoms with Crippen molar-refractivity contribution in [1.29, 1.82) is 0 Å². The number of hydroxylamine groups is 1.